The highest BCUT2D eigenvalue weighted by Crippen LogP contribution is 2.22. The first-order valence-electron chi connectivity index (χ1n) is 5.74. The summed E-state index contributed by atoms with van der Waals surface area (Å²) in [6, 6.07) is 10.4. The average molecular weight is 244 g/mol. The van der Waals surface area contributed by atoms with Crippen LogP contribution in [0, 0.1) is 5.82 Å². The fourth-order valence-corrected chi connectivity index (χ4v) is 1.85. The van der Waals surface area contributed by atoms with Gasteiger partial charge in [0.1, 0.15) is 5.82 Å². The van der Waals surface area contributed by atoms with Crippen molar-refractivity contribution in [2.24, 2.45) is 0 Å². The number of fused-ring (bicyclic) bond motifs is 1. The molecule has 0 aliphatic heterocycles. The van der Waals surface area contributed by atoms with Gasteiger partial charge in [0, 0.05) is 11.8 Å². The maximum absolute atomic E-state index is 13.6. The van der Waals surface area contributed by atoms with Crippen LogP contribution in [0.25, 0.3) is 16.8 Å². The number of carboxylic acids is 1. The molecule has 1 N–H and O–H groups in total. The van der Waals surface area contributed by atoms with E-state index in [0.717, 1.165) is 10.9 Å². The van der Waals surface area contributed by atoms with E-state index < -0.39 is 5.97 Å². The predicted molar refractivity (Wildman–Crippen MR) is 69.8 cm³/mol. The summed E-state index contributed by atoms with van der Waals surface area (Å²) >= 11 is 0. The summed E-state index contributed by atoms with van der Waals surface area (Å²) in [5.41, 5.74) is 0.900. The predicted octanol–water partition coefficient (Wildman–Crippen LogP) is 3.86. The van der Waals surface area contributed by atoms with E-state index in [1.807, 2.05) is 18.2 Å². The Labute approximate surface area is 104 Å². The van der Waals surface area contributed by atoms with E-state index in [4.69, 9.17) is 5.11 Å². The Bertz CT molecular complexity index is 602. The number of carboxylic acid groups (broad SMARTS) is 1. The first-order chi connectivity index (χ1) is 8.68. The normalized spacial score (nSPS) is 11.2. The number of halogens is 1. The highest BCUT2D eigenvalue weighted by molar-refractivity contribution is 5.91. The van der Waals surface area contributed by atoms with E-state index in [-0.39, 0.29) is 12.2 Å². The number of benzene rings is 2. The molecule has 18 heavy (non-hydrogen) atoms. The summed E-state index contributed by atoms with van der Waals surface area (Å²) in [6.45, 7) is 0. The molecule has 0 aliphatic carbocycles. The van der Waals surface area contributed by atoms with Crippen molar-refractivity contribution in [3.8, 4) is 0 Å². The molecule has 0 unspecified atom stereocenters. The lowest BCUT2D eigenvalue weighted by Gasteiger charge is -2.03. The Morgan fingerprint density at radius 2 is 1.89 bits per heavy atom. The monoisotopic (exact) mass is 244 g/mol. The number of rotatable bonds is 4. The Morgan fingerprint density at radius 1 is 1.17 bits per heavy atom. The molecule has 0 spiro atoms. The van der Waals surface area contributed by atoms with Gasteiger partial charge in [0.2, 0.25) is 0 Å². The van der Waals surface area contributed by atoms with Crippen molar-refractivity contribution in [1.29, 1.82) is 0 Å². The second kappa shape index (κ2) is 5.45. The van der Waals surface area contributed by atoms with E-state index in [1.165, 1.54) is 6.07 Å². The molecular formula is C15H13FO2. The number of hydrogen-bond donors (Lipinski definition) is 1. The van der Waals surface area contributed by atoms with Crippen molar-refractivity contribution in [2.45, 2.75) is 12.8 Å². The molecule has 0 amide bonds. The highest BCUT2D eigenvalue weighted by atomic mass is 19.1. The van der Waals surface area contributed by atoms with Gasteiger partial charge in [-0.2, -0.15) is 0 Å². The molecule has 0 aliphatic rings. The number of allylic oxidation sites excluding steroid dienone is 1. The number of hydrogen-bond acceptors (Lipinski definition) is 1. The molecule has 0 bridgehead atoms. The van der Waals surface area contributed by atoms with Crippen molar-refractivity contribution in [1.82, 2.24) is 0 Å². The van der Waals surface area contributed by atoms with Crippen LogP contribution in [0.3, 0.4) is 0 Å². The van der Waals surface area contributed by atoms with Gasteiger partial charge in [0.05, 0.1) is 0 Å². The molecule has 2 aromatic carbocycles. The zero-order valence-corrected chi connectivity index (χ0v) is 9.77. The molecule has 0 atom stereocenters. The van der Waals surface area contributed by atoms with Crippen molar-refractivity contribution in [2.75, 3.05) is 0 Å². The molecule has 0 saturated carbocycles. The van der Waals surface area contributed by atoms with Crippen LogP contribution in [0.5, 0.6) is 0 Å². The summed E-state index contributed by atoms with van der Waals surface area (Å²) < 4.78 is 13.6. The van der Waals surface area contributed by atoms with Crippen molar-refractivity contribution in [3.05, 3.63) is 53.9 Å². The van der Waals surface area contributed by atoms with Gasteiger partial charge in [-0.05, 0) is 23.4 Å². The van der Waals surface area contributed by atoms with E-state index >= 15 is 0 Å². The Kier molecular flexibility index (Phi) is 3.72. The van der Waals surface area contributed by atoms with Crippen LogP contribution in [0.1, 0.15) is 18.4 Å². The lowest BCUT2D eigenvalue weighted by molar-refractivity contribution is -0.136. The van der Waals surface area contributed by atoms with Crippen LogP contribution in [0.4, 0.5) is 4.39 Å². The van der Waals surface area contributed by atoms with Crippen LogP contribution in [-0.4, -0.2) is 11.1 Å². The van der Waals surface area contributed by atoms with Crippen molar-refractivity contribution < 1.29 is 14.3 Å². The zero-order valence-electron chi connectivity index (χ0n) is 9.77. The molecule has 0 heterocycles. The molecule has 0 radical (unpaired) electrons. The van der Waals surface area contributed by atoms with Crippen molar-refractivity contribution >= 4 is 22.8 Å². The van der Waals surface area contributed by atoms with Gasteiger partial charge in [0.25, 0.3) is 0 Å². The third-order valence-corrected chi connectivity index (χ3v) is 2.73. The molecule has 92 valence electrons. The third-order valence-electron chi connectivity index (χ3n) is 2.73. The Hall–Kier alpha value is -2.16. The van der Waals surface area contributed by atoms with Gasteiger partial charge in [0.15, 0.2) is 0 Å². The molecule has 2 rings (SSSR count). The molecule has 0 aromatic heterocycles. The fourth-order valence-electron chi connectivity index (χ4n) is 1.85. The number of carbonyl (C=O) groups is 1. The minimum atomic E-state index is -0.816. The summed E-state index contributed by atoms with van der Waals surface area (Å²) in [7, 11) is 0. The molecule has 3 heteroatoms. The summed E-state index contributed by atoms with van der Waals surface area (Å²) in [5, 5.41) is 9.95. The summed E-state index contributed by atoms with van der Waals surface area (Å²) in [6.07, 6.45) is 4.22. The molecule has 0 fully saturated rings. The minimum Gasteiger partial charge on any atom is -0.481 e. The maximum Gasteiger partial charge on any atom is 0.303 e. The maximum atomic E-state index is 13.6. The Balaban J connectivity index is 2.29. The van der Waals surface area contributed by atoms with Crippen LogP contribution >= 0.6 is 0 Å². The lowest BCUT2D eigenvalue weighted by atomic mass is 10.0. The molecule has 2 aromatic rings. The smallest absolute Gasteiger partial charge is 0.303 e. The number of aliphatic carboxylic acids is 1. The quantitative estimate of drug-likeness (QED) is 0.886. The SMILES string of the molecule is O=C(O)CCC=Cc1ccc(F)c2ccccc12. The highest BCUT2D eigenvalue weighted by Gasteiger charge is 2.02. The van der Waals surface area contributed by atoms with E-state index in [0.29, 0.717) is 11.8 Å². The third kappa shape index (κ3) is 2.74. The first kappa shape index (κ1) is 12.3. The fraction of sp³-hybridized carbons (Fsp3) is 0.133. The van der Waals surface area contributed by atoms with E-state index in [1.54, 1.807) is 24.3 Å². The van der Waals surface area contributed by atoms with Gasteiger partial charge in [-0.3, -0.25) is 4.79 Å². The van der Waals surface area contributed by atoms with Crippen LogP contribution in [0.2, 0.25) is 0 Å². The summed E-state index contributed by atoms with van der Waals surface area (Å²) in [5.74, 6) is -1.06. The average Bonchev–Trinajstić information content (AvgIpc) is 2.37. The lowest BCUT2D eigenvalue weighted by Crippen LogP contribution is -1.91. The largest absolute Gasteiger partial charge is 0.481 e. The molecule has 0 saturated heterocycles. The van der Waals surface area contributed by atoms with Crippen molar-refractivity contribution in [3.63, 3.8) is 0 Å². The topological polar surface area (TPSA) is 37.3 Å². The first-order valence-corrected chi connectivity index (χ1v) is 5.74. The molecule has 2 nitrogen and oxygen atoms in total. The van der Waals surface area contributed by atoms with Gasteiger partial charge < -0.3 is 5.11 Å². The zero-order chi connectivity index (χ0) is 13.0. The van der Waals surface area contributed by atoms with E-state index in [2.05, 4.69) is 0 Å². The van der Waals surface area contributed by atoms with Crippen LogP contribution < -0.4 is 0 Å². The second-order valence-corrected chi connectivity index (χ2v) is 4.02. The second-order valence-electron chi connectivity index (χ2n) is 4.02. The Morgan fingerprint density at radius 3 is 2.61 bits per heavy atom. The van der Waals surface area contributed by atoms with Crippen LogP contribution in [0.15, 0.2) is 42.5 Å². The summed E-state index contributed by atoms with van der Waals surface area (Å²) in [4.78, 5) is 10.4. The standard InChI is InChI=1S/C15H13FO2/c16-14-10-9-11(5-1-4-8-15(17)18)12-6-2-3-7-13(12)14/h1-3,5-7,9-10H,4,8H2,(H,17,18). The minimum absolute atomic E-state index is 0.107. The van der Waals surface area contributed by atoms with Gasteiger partial charge in [-0.15, -0.1) is 0 Å². The van der Waals surface area contributed by atoms with E-state index in [9.17, 15) is 9.18 Å². The van der Waals surface area contributed by atoms with Crippen LogP contribution in [-0.2, 0) is 4.79 Å². The van der Waals surface area contributed by atoms with Gasteiger partial charge >= 0.3 is 5.97 Å². The van der Waals surface area contributed by atoms with Gasteiger partial charge in [-0.1, -0.05) is 42.5 Å². The molecular weight excluding hydrogens is 231 g/mol. The van der Waals surface area contributed by atoms with Gasteiger partial charge in [-0.25, -0.2) is 4.39 Å².